The van der Waals surface area contributed by atoms with Crippen LogP contribution in [0.3, 0.4) is 0 Å². The molecule has 1 aliphatic rings. The first-order chi connectivity index (χ1) is 5.74. The molecule has 1 atom stereocenters. The molecule has 1 rings (SSSR count). The number of likely N-dealkylation sites (tertiary alicyclic amines) is 1. The van der Waals surface area contributed by atoms with E-state index in [9.17, 15) is 4.79 Å². The lowest BCUT2D eigenvalue weighted by atomic mass is 10.2. The Bertz CT molecular complexity index is 161. The molecule has 1 heterocycles. The Labute approximate surface area is 72.3 Å². The molecule has 12 heavy (non-hydrogen) atoms. The van der Waals surface area contributed by atoms with Crippen molar-refractivity contribution in [3.05, 3.63) is 0 Å². The maximum atomic E-state index is 11.1. The van der Waals surface area contributed by atoms with Crippen LogP contribution in [0.25, 0.3) is 0 Å². The topological polar surface area (TPSA) is 66.6 Å². The molecule has 1 unspecified atom stereocenters. The van der Waals surface area contributed by atoms with Crippen LogP contribution in [0, 0.1) is 0 Å². The number of hydrogen-bond acceptors (Lipinski definition) is 3. The molecular weight excluding hydrogens is 156 g/mol. The van der Waals surface area contributed by atoms with Crippen molar-refractivity contribution >= 4 is 5.91 Å². The largest absolute Gasteiger partial charge is 0.395 e. The normalized spacial score (nSPS) is 20.2. The molecule has 0 saturated carbocycles. The van der Waals surface area contributed by atoms with Crippen LogP contribution in [0.5, 0.6) is 0 Å². The molecule has 0 aliphatic carbocycles. The minimum atomic E-state index is -0.182. The average Bonchev–Trinajstić information content (AvgIpc) is 2.47. The first kappa shape index (κ1) is 9.48. The van der Waals surface area contributed by atoms with E-state index in [-0.39, 0.29) is 18.6 Å². The Morgan fingerprint density at radius 1 is 1.67 bits per heavy atom. The van der Waals surface area contributed by atoms with Crippen molar-refractivity contribution in [1.82, 2.24) is 4.90 Å². The van der Waals surface area contributed by atoms with E-state index in [1.165, 1.54) is 0 Å². The van der Waals surface area contributed by atoms with Gasteiger partial charge in [-0.1, -0.05) is 0 Å². The number of nitrogens with zero attached hydrogens (tertiary/aromatic N) is 1. The summed E-state index contributed by atoms with van der Waals surface area (Å²) < 4.78 is 0. The van der Waals surface area contributed by atoms with Crippen LogP contribution in [0.4, 0.5) is 0 Å². The van der Waals surface area contributed by atoms with Gasteiger partial charge in [-0.2, -0.15) is 0 Å². The lowest BCUT2D eigenvalue weighted by molar-refractivity contribution is -0.127. The van der Waals surface area contributed by atoms with E-state index in [0.29, 0.717) is 19.4 Å². The molecule has 0 aromatic carbocycles. The minimum absolute atomic E-state index is 0.00201. The molecule has 4 heteroatoms. The zero-order valence-electron chi connectivity index (χ0n) is 7.20. The van der Waals surface area contributed by atoms with Crippen LogP contribution < -0.4 is 5.73 Å². The lowest BCUT2D eigenvalue weighted by Crippen LogP contribution is -2.33. The van der Waals surface area contributed by atoms with Crippen LogP contribution in [0.2, 0.25) is 0 Å². The van der Waals surface area contributed by atoms with Gasteiger partial charge in [-0.25, -0.2) is 0 Å². The van der Waals surface area contributed by atoms with Gasteiger partial charge in [0.1, 0.15) is 0 Å². The van der Waals surface area contributed by atoms with Crippen molar-refractivity contribution in [2.75, 3.05) is 19.7 Å². The third-order valence-corrected chi connectivity index (χ3v) is 2.18. The van der Waals surface area contributed by atoms with E-state index in [1.54, 1.807) is 0 Å². The van der Waals surface area contributed by atoms with Crippen molar-refractivity contribution in [2.24, 2.45) is 5.73 Å². The summed E-state index contributed by atoms with van der Waals surface area (Å²) in [4.78, 5) is 12.9. The molecule has 0 spiro atoms. The fraction of sp³-hybridized carbons (Fsp3) is 0.875. The first-order valence-corrected chi connectivity index (χ1v) is 4.38. The second-order valence-electron chi connectivity index (χ2n) is 3.22. The summed E-state index contributed by atoms with van der Waals surface area (Å²) >= 11 is 0. The van der Waals surface area contributed by atoms with Gasteiger partial charge < -0.3 is 15.7 Å². The average molecular weight is 172 g/mol. The Balaban J connectivity index is 2.18. The van der Waals surface area contributed by atoms with Gasteiger partial charge >= 0.3 is 0 Å². The number of carbonyl (C=O) groups is 1. The van der Waals surface area contributed by atoms with Gasteiger partial charge in [-0.15, -0.1) is 0 Å². The molecule has 4 nitrogen and oxygen atoms in total. The van der Waals surface area contributed by atoms with Crippen molar-refractivity contribution < 1.29 is 9.90 Å². The molecule has 1 amide bonds. The summed E-state index contributed by atoms with van der Waals surface area (Å²) in [5, 5.41) is 8.65. The van der Waals surface area contributed by atoms with Gasteiger partial charge in [0.15, 0.2) is 0 Å². The van der Waals surface area contributed by atoms with E-state index in [2.05, 4.69) is 0 Å². The zero-order valence-corrected chi connectivity index (χ0v) is 7.20. The van der Waals surface area contributed by atoms with Crippen LogP contribution in [0.15, 0.2) is 0 Å². The highest BCUT2D eigenvalue weighted by molar-refractivity contribution is 5.77. The van der Waals surface area contributed by atoms with Crippen LogP contribution in [0.1, 0.15) is 19.3 Å². The Hall–Kier alpha value is -0.610. The van der Waals surface area contributed by atoms with Gasteiger partial charge in [0, 0.05) is 25.6 Å². The Kier molecular flexibility index (Phi) is 3.49. The second kappa shape index (κ2) is 4.42. The van der Waals surface area contributed by atoms with Gasteiger partial charge in [0.2, 0.25) is 5.91 Å². The predicted octanol–water partition coefficient (Wildman–Crippen LogP) is -0.681. The smallest absolute Gasteiger partial charge is 0.222 e. The molecule has 1 fully saturated rings. The lowest BCUT2D eigenvalue weighted by Gasteiger charge is -2.17. The number of amides is 1. The van der Waals surface area contributed by atoms with Gasteiger partial charge in [-0.3, -0.25) is 4.79 Å². The standard InChI is InChI=1S/C8H16N2O2/c9-7(6-11)3-5-10-4-1-2-8(10)12/h7,11H,1-6,9H2. The van der Waals surface area contributed by atoms with E-state index >= 15 is 0 Å². The number of aliphatic hydroxyl groups is 1. The quantitative estimate of drug-likeness (QED) is 0.590. The highest BCUT2D eigenvalue weighted by Crippen LogP contribution is 2.09. The van der Waals surface area contributed by atoms with E-state index in [4.69, 9.17) is 10.8 Å². The van der Waals surface area contributed by atoms with Crippen LogP contribution >= 0.6 is 0 Å². The monoisotopic (exact) mass is 172 g/mol. The molecule has 70 valence electrons. The minimum Gasteiger partial charge on any atom is -0.395 e. The van der Waals surface area contributed by atoms with Gasteiger partial charge in [-0.05, 0) is 12.8 Å². The highest BCUT2D eigenvalue weighted by atomic mass is 16.3. The molecule has 3 N–H and O–H groups in total. The number of aliphatic hydroxyl groups excluding tert-OH is 1. The third-order valence-electron chi connectivity index (χ3n) is 2.18. The summed E-state index contributed by atoms with van der Waals surface area (Å²) in [6.07, 6.45) is 2.34. The van der Waals surface area contributed by atoms with Crippen molar-refractivity contribution in [1.29, 1.82) is 0 Å². The Morgan fingerprint density at radius 2 is 2.42 bits per heavy atom. The molecule has 0 aromatic rings. The van der Waals surface area contributed by atoms with Gasteiger partial charge in [0.05, 0.1) is 6.61 Å². The molecule has 0 radical (unpaired) electrons. The Morgan fingerprint density at radius 3 is 2.92 bits per heavy atom. The highest BCUT2D eigenvalue weighted by Gasteiger charge is 2.19. The molecule has 1 aliphatic heterocycles. The number of carbonyl (C=O) groups excluding carboxylic acids is 1. The number of nitrogens with two attached hydrogens (primary N) is 1. The predicted molar refractivity (Wildman–Crippen MR) is 45.5 cm³/mol. The summed E-state index contributed by atoms with van der Waals surface area (Å²) in [5.41, 5.74) is 5.51. The second-order valence-corrected chi connectivity index (χ2v) is 3.22. The fourth-order valence-electron chi connectivity index (χ4n) is 1.35. The zero-order chi connectivity index (χ0) is 8.97. The van der Waals surface area contributed by atoms with Crippen molar-refractivity contribution in [3.8, 4) is 0 Å². The first-order valence-electron chi connectivity index (χ1n) is 4.38. The van der Waals surface area contributed by atoms with Crippen LogP contribution in [-0.4, -0.2) is 41.7 Å². The van der Waals surface area contributed by atoms with E-state index < -0.39 is 0 Å². The number of rotatable bonds is 4. The molecule has 1 saturated heterocycles. The maximum absolute atomic E-state index is 11.1. The molecular formula is C8H16N2O2. The van der Waals surface area contributed by atoms with Crippen LogP contribution in [-0.2, 0) is 4.79 Å². The SMILES string of the molecule is NC(CO)CCN1CCCC1=O. The molecule has 0 bridgehead atoms. The van der Waals surface area contributed by atoms with E-state index in [1.807, 2.05) is 4.90 Å². The number of hydrogen-bond donors (Lipinski definition) is 2. The van der Waals surface area contributed by atoms with Gasteiger partial charge in [0.25, 0.3) is 0 Å². The van der Waals surface area contributed by atoms with E-state index in [0.717, 1.165) is 13.0 Å². The molecule has 0 aromatic heterocycles. The van der Waals surface area contributed by atoms with Crippen molar-refractivity contribution in [2.45, 2.75) is 25.3 Å². The third kappa shape index (κ3) is 2.46. The maximum Gasteiger partial charge on any atom is 0.222 e. The summed E-state index contributed by atoms with van der Waals surface area (Å²) in [5.74, 6) is 0.222. The summed E-state index contributed by atoms with van der Waals surface area (Å²) in [7, 11) is 0. The summed E-state index contributed by atoms with van der Waals surface area (Å²) in [6.45, 7) is 1.56. The summed E-state index contributed by atoms with van der Waals surface area (Å²) in [6, 6.07) is -0.182. The van der Waals surface area contributed by atoms with Crippen molar-refractivity contribution in [3.63, 3.8) is 0 Å². The fourth-order valence-corrected chi connectivity index (χ4v) is 1.35.